The third kappa shape index (κ3) is 4.03. The molecule has 1 aliphatic heterocycles. The molecule has 1 fully saturated rings. The van der Waals surface area contributed by atoms with Crippen LogP contribution in [0.4, 0.5) is 0 Å². The maximum absolute atomic E-state index is 12.4. The number of aromatic nitrogens is 1. The fourth-order valence-corrected chi connectivity index (χ4v) is 3.45. The number of aromatic amines is 1. The molecule has 1 aliphatic rings. The second-order valence-electron chi connectivity index (χ2n) is 6.94. The highest BCUT2D eigenvalue weighted by Crippen LogP contribution is 2.22. The van der Waals surface area contributed by atoms with Crippen LogP contribution in [0, 0.1) is 13.8 Å². The smallest absolute Gasteiger partial charge is 0.251 e. The molecule has 2 aromatic rings. The monoisotopic (exact) mass is 341 g/mol. The summed E-state index contributed by atoms with van der Waals surface area (Å²) in [4.78, 5) is 29.6. The first-order valence-electron chi connectivity index (χ1n) is 9.21. The second kappa shape index (κ2) is 7.72. The topological polar surface area (TPSA) is 65.2 Å². The third-order valence-corrected chi connectivity index (χ3v) is 5.13. The minimum atomic E-state index is -0.0534. The Bertz CT molecular complexity index is 779. The maximum atomic E-state index is 12.4. The van der Waals surface area contributed by atoms with Crippen molar-refractivity contribution in [2.45, 2.75) is 46.0 Å². The van der Waals surface area contributed by atoms with Gasteiger partial charge in [-0.3, -0.25) is 9.59 Å². The second-order valence-corrected chi connectivity index (χ2v) is 6.94. The quantitative estimate of drug-likeness (QED) is 0.820. The molecule has 25 heavy (non-hydrogen) atoms. The van der Waals surface area contributed by atoms with E-state index in [0.717, 1.165) is 55.4 Å². The number of benzene rings is 1. The molecular formula is C20H27N3O2. The van der Waals surface area contributed by atoms with Crippen LogP contribution in [0.3, 0.4) is 0 Å². The van der Waals surface area contributed by atoms with Crippen LogP contribution in [-0.4, -0.2) is 41.3 Å². The number of aryl methyl sites for hydroxylation is 2. The number of nitrogens with one attached hydrogen (secondary N) is 2. The molecule has 0 saturated carbocycles. The molecule has 0 radical (unpaired) electrons. The van der Waals surface area contributed by atoms with Crippen LogP contribution in [0.25, 0.3) is 10.9 Å². The van der Waals surface area contributed by atoms with Gasteiger partial charge in [0.15, 0.2) is 0 Å². The molecule has 0 unspecified atom stereocenters. The molecule has 3 rings (SSSR count). The number of fused-ring (bicyclic) bond motifs is 1. The van der Waals surface area contributed by atoms with Gasteiger partial charge in [-0.15, -0.1) is 0 Å². The van der Waals surface area contributed by atoms with E-state index in [1.54, 1.807) is 0 Å². The van der Waals surface area contributed by atoms with Gasteiger partial charge in [-0.2, -0.15) is 0 Å². The largest absolute Gasteiger partial charge is 0.358 e. The summed E-state index contributed by atoms with van der Waals surface area (Å²) in [7, 11) is 0. The van der Waals surface area contributed by atoms with Gasteiger partial charge in [0.1, 0.15) is 0 Å². The van der Waals surface area contributed by atoms with Gasteiger partial charge in [-0.25, -0.2) is 0 Å². The van der Waals surface area contributed by atoms with Gasteiger partial charge >= 0.3 is 0 Å². The highest BCUT2D eigenvalue weighted by Gasteiger charge is 2.16. The number of hydrogen-bond donors (Lipinski definition) is 2. The van der Waals surface area contributed by atoms with Crippen LogP contribution in [0.5, 0.6) is 0 Å². The highest BCUT2D eigenvalue weighted by atomic mass is 16.2. The molecule has 2 amide bonds. The van der Waals surface area contributed by atoms with Crippen molar-refractivity contribution in [2.75, 3.05) is 19.6 Å². The zero-order valence-corrected chi connectivity index (χ0v) is 15.2. The number of hydrogen-bond acceptors (Lipinski definition) is 2. The predicted molar refractivity (Wildman–Crippen MR) is 99.8 cm³/mol. The van der Waals surface area contributed by atoms with E-state index in [2.05, 4.69) is 17.2 Å². The molecule has 2 N–H and O–H groups in total. The minimum Gasteiger partial charge on any atom is -0.358 e. The Labute approximate surface area is 148 Å². The summed E-state index contributed by atoms with van der Waals surface area (Å²) < 4.78 is 0. The van der Waals surface area contributed by atoms with Crippen molar-refractivity contribution in [3.8, 4) is 0 Å². The molecule has 0 atom stereocenters. The van der Waals surface area contributed by atoms with Gasteiger partial charge in [0.25, 0.3) is 5.91 Å². The molecule has 0 bridgehead atoms. The summed E-state index contributed by atoms with van der Waals surface area (Å²) >= 11 is 0. The minimum absolute atomic E-state index is 0.0534. The Morgan fingerprint density at radius 3 is 2.92 bits per heavy atom. The fraction of sp³-hybridized carbons (Fsp3) is 0.500. The van der Waals surface area contributed by atoms with Crippen molar-refractivity contribution >= 4 is 22.7 Å². The number of carbonyl (C=O) groups is 2. The van der Waals surface area contributed by atoms with Crippen LogP contribution >= 0.6 is 0 Å². The van der Waals surface area contributed by atoms with E-state index in [0.29, 0.717) is 18.5 Å². The molecule has 1 aromatic carbocycles. The number of amides is 2. The lowest BCUT2D eigenvalue weighted by molar-refractivity contribution is -0.130. The Kier molecular flexibility index (Phi) is 5.41. The van der Waals surface area contributed by atoms with Crippen LogP contribution in [0.1, 0.15) is 53.7 Å². The number of carbonyl (C=O) groups excluding carboxylic acids is 2. The van der Waals surface area contributed by atoms with Crippen LogP contribution in [0.2, 0.25) is 0 Å². The van der Waals surface area contributed by atoms with E-state index >= 15 is 0 Å². The lowest BCUT2D eigenvalue weighted by Crippen LogP contribution is -2.34. The molecule has 5 nitrogen and oxygen atoms in total. The first kappa shape index (κ1) is 17.5. The van der Waals surface area contributed by atoms with Gasteiger partial charge in [-0.05, 0) is 56.9 Å². The molecule has 2 heterocycles. The Balaban J connectivity index is 1.52. The Morgan fingerprint density at radius 1 is 1.24 bits per heavy atom. The fourth-order valence-electron chi connectivity index (χ4n) is 3.45. The summed E-state index contributed by atoms with van der Waals surface area (Å²) in [5.41, 5.74) is 4.06. The molecule has 1 saturated heterocycles. The van der Waals surface area contributed by atoms with E-state index in [4.69, 9.17) is 0 Å². The normalized spacial score (nSPS) is 15.4. The van der Waals surface area contributed by atoms with Crippen LogP contribution < -0.4 is 5.32 Å². The Morgan fingerprint density at radius 2 is 2.08 bits per heavy atom. The van der Waals surface area contributed by atoms with Gasteiger partial charge in [-0.1, -0.05) is 6.42 Å². The van der Waals surface area contributed by atoms with E-state index in [9.17, 15) is 9.59 Å². The van der Waals surface area contributed by atoms with E-state index in [-0.39, 0.29) is 11.8 Å². The number of rotatable bonds is 5. The summed E-state index contributed by atoms with van der Waals surface area (Å²) in [5.74, 6) is 0.204. The van der Waals surface area contributed by atoms with E-state index < -0.39 is 0 Å². The predicted octanol–water partition coefficient (Wildman–Crippen LogP) is 3.31. The van der Waals surface area contributed by atoms with Crippen LogP contribution in [0.15, 0.2) is 18.2 Å². The van der Waals surface area contributed by atoms with Gasteiger partial charge in [0.05, 0.1) is 0 Å². The lowest BCUT2D eigenvalue weighted by atomic mass is 10.1. The van der Waals surface area contributed by atoms with Gasteiger partial charge < -0.3 is 15.2 Å². The van der Waals surface area contributed by atoms with E-state index in [1.807, 2.05) is 30.0 Å². The summed E-state index contributed by atoms with van der Waals surface area (Å²) in [6.45, 7) is 6.28. The van der Waals surface area contributed by atoms with E-state index in [1.165, 1.54) is 5.56 Å². The highest BCUT2D eigenvalue weighted by molar-refractivity contribution is 5.99. The molecule has 5 heteroatoms. The first-order chi connectivity index (χ1) is 12.1. The summed E-state index contributed by atoms with van der Waals surface area (Å²) in [6.07, 6.45) is 4.70. The third-order valence-electron chi connectivity index (χ3n) is 5.13. The summed E-state index contributed by atoms with van der Waals surface area (Å²) in [6, 6.07) is 5.76. The molecular weight excluding hydrogens is 314 g/mol. The number of likely N-dealkylation sites (tertiary alicyclic amines) is 1. The average molecular weight is 341 g/mol. The van der Waals surface area contributed by atoms with Gasteiger partial charge in [0.2, 0.25) is 5.91 Å². The maximum Gasteiger partial charge on any atom is 0.251 e. The molecule has 134 valence electrons. The van der Waals surface area contributed by atoms with Crippen molar-refractivity contribution in [3.63, 3.8) is 0 Å². The zero-order valence-electron chi connectivity index (χ0n) is 15.2. The van der Waals surface area contributed by atoms with Crippen molar-refractivity contribution < 1.29 is 9.59 Å². The van der Waals surface area contributed by atoms with Crippen molar-refractivity contribution in [3.05, 3.63) is 35.0 Å². The molecule has 0 aliphatic carbocycles. The molecule has 0 spiro atoms. The Hall–Kier alpha value is -2.30. The van der Waals surface area contributed by atoms with Crippen molar-refractivity contribution in [2.24, 2.45) is 0 Å². The standard InChI is InChI=1S/C20H27N3O2/c1-14-15(2)22-18-9-8-16(13-17(14)18)20(25)21-10-6-12-23-11-5-3-4-7-19(23)24/h8-9,13,22H,3-7,10-12H2,1-2H3,(H,21,25). The average Bonchev–Trinajstić information content (AvgIpc) is 2.76. The van der Waals surface area contributed by atoms with Gasteiger partial charge in [0, 0.05) is 48.2 Å². The SMILES string of the molecule is Cc1[nH]c2ccc(C(=O)NCCCN3CCCCCC3=O)cc2c1C. The summed E-state index contributed by atoms with van der Waals surface area (Å²) in [5, 5.41) is 4.07. The zero-order chi connectivity index (χ0) is 17.8. The van der Waals surface area contributed by atoms with Crippen LogP contribution in [-0.2, 0) is 4.79 Å². The number of H-pyrrole nitrogens is 1. The van der Waals surface area contributed by atoms with Crippen molar-refractivity contribution in [1.29, 1.82) is 0 Å². The number of nitrogens with zero attached hydrogens (tertiary/aromatic N) is 1. The first-order valence-corrected chi connectivity index (χ1v) is 9.21. The van der Waals surface area contributed by atoms with Crippen molar-refractivity contribution in [1.82, 2.24) is 15.2 Å². The molecule has 1 aromatic heterocycles. The lowest BCUT2D eigenvalue weighted by Gasteiger charge is -2.20.